The summed E-state index contributed by atoms with van der Waals surface area (Å²) in [5.74, 6) is 0.466. The normalized spacial score (nSPS) is 16.9. The van der Waals surface area contributed by atoms with Gasteiger partial charge in [0.1, 0.15) is 12.4 Å². The van der Waals surface area contributed by atoms with E-state index in [1.807, 2.05) is 72.8 Å². The number of rotatable bonds is 10. The molecule has 0 radical (unpaired) electrons. The number of nitrogens with zero attached hydrogens (tertiary/aromatic N) is 1. The summed E-state index contributed by atoms with van der Waals surface area (Å²) in [4.78, 5) is 12.7. The minimum absolute atomic E-state index is 0.106. The Morgan fingerprint density at radius 3 is 2.62 bits per heavy atom. The molecule has 1 amide bonds. The second kappa shape index (κ2) is 11.5. The molecule has 1 fully saturated rings. The Hall–Kier alpha value is -2.90. The summed E-state index contributed by atoms with van der Waals surface area (Å²) in [6.45, 7) is 1.47. The topological polar surface area (TPSA) is 75.7 Å². The highest BCUT2D eigenvalue weighted by atomic mass is 32.2. The van der Waals surface area contributed by atoms with Crippen LogP contribution in [-0.2, 0) is 21.2 Å². The molecule has 180 valence electrons. The van der Waals surface area contributed by atoms with Gasteiger partial charge in [0.15, 0.2) is 0 Å². The predicted octanol–water partition coefficient (Wildman–Crippen LogP) is 4.01. The first kappa shape index (κ1) is 24.2. The molecule has 1 saturated heterocycles. The van der Waals surface area contributed by atoms with Gasteiger partial charge < -0.3 is 10.1 Å². The zero-order chi connectivity index (χ0) is 23.8. The fraction of sp³-hybridized carbons (Fsp3) is 0.370. The summed E-state index contributed by atoms with van der Waals surface area (Å²) in [5, 5.41) is 5.07. The van der Waals surface area contributed by atoms with Gasteiger partial charge in [-0.05, 0) is 42.7 Å². The molecule has 34 heavy (non-hydrogen) atoms. The number of carbonyl (C=O) groups excluding carboxylic acids is 1. The van der Waals surface area contributed by atoms with Crippen molar-refractivity contribution in [2.45, 2.75) is 25.7 Å². The number of ether oxygens (including phenoxy) is 1. The van der Waals surface area contributed by atoms with E-state index in [0.29, 0.717) is 39.0 Å². The van der Waals surface area contributed by atoms with E-state index in [-0.39, 0.29) is 24.1 Å². The van der Waals surface area contributed by atoms with Gasteiger partial charge >= 0.3 is 0 Å². The molecule has 0 spiro atoms. The third-order valence-corrected chi connectivity index (χ3v) is 8.19. The number of hydrogen-bond donors (Lipinski definition) is 1. The van der Waals surface area contributed by atoms with Crippen molar-refractivity contribution in [3.05, 3.63) is 78.4 Å². The average Bonchev–Trinajstić information content (AvgIpc) is 2.87. The van der Waals surface area contributed by atoms with Crippen molar-refractivity contribution < 1.29 is 17.9 Å². The first-order valence-corrected chi connectivity index (χ1v) is 13.5. The van der Waals surface area contributed by atoms with Gasteiger partial charge in [-0.3, -0.25) is 4.79 Å². The van der Waals surface area contributed by atoms with Crippen LogP contribution in [0.1, 0.15) is 24.8 Å². The largest absolute Gasteiger partial charge is 0.491 e. The van der Waals surface area contributed by atoms with E-state index in [1.54, 1.807) is 0 Å². The molecule has 0 bridgehead atoms. The van der Waals surface area contributed by atoms with Crippen molar-refractivity contribution in [3.8, 4) is 5.75 Å². The minimum Gasteiger partial charge on any atom is -0.491 e. The van der Waals surface area contributed by atoms with Crippen molar-refractivity contribution in [2.75, 3.05) is 32.0 Å². The Kier molecular flexibility index (Phi) is 8.19. The van der Waals surface area contributed by atoms with Gasteiger partial charge in [-0.25, -0.2) is 12.7 Å². The monoisotopic (exact) mass is 480 g/mol. The number of aryl methyl sites for hydroxylation is 1. The summed E-state index contributed by atoms with van der Waals surface area (Å²) in [7, 11) is -3.37. The Morgan fingerprint density at radius 2 is 1.76 bits per heavy atom. The maximum atomic E-state index is 12.8. The highest BCUT2D eigenvalue weighted by molar-refractivity contribution is 7.89. The van der Waals surface area contributed by atoms with E-state index in [0.717, 1.165) is 28.5 Å². The van der Waals surface area contributed by atoms with Crippen molar-refractivity contribution >= 4 is 26.7 Å². The molecule has 1 aliphatic heterocycles. The molecule has 6 nitrogen and oxygen atoms in total. The fourth-order valence-electron chi connectivity index (χ4n) is 4.44. The predicted molar refractivity (Wildman–Crippen MR) is 135 cm³/mol. The Morgan fingerprint density at radius 1 is 1.00 bits per heavy atom. The lowest BCUT2D eigenvalue weighted by Crippen LogP contribution is -2.46. The highest BCUT2D eigenvalue weighted by Crippen LogP contribution is 2.25. The highest BCUT2D eigenvalue weighted by Gasteiger charge is 2.31. The van der Waals surface area contributed by atoms with Crippen LogP contribution in [0.25, 0.3) is 10.8 Å². The lowest BCUT2D eigenvalue weighted by molar-refractivity contribution is -0.126. The number of hydrogen-bond acceptors (Lipinski definition) is 4. The Balaban J connectivity index is 1.22. The van der Waals surface area contributed by atoms with E-state index < -0.39 is 10.0 Å². The number of fused-ring (bicyclic) bond motifs is 1. The first-order chi connectivity index (χ1) is 16.5. The minimum atomic E-state index is -3.37. The molecule has 1 heterocycles. The van der Waals surface area contributed by atoms with Crippen LogP contribution in [-0.4, -0.2) is 50.6 Å². The molecule has 7 heteroatoms. The summed E-state index contributed by atoms with van der Waals surface area (Å²) >= 11 is 0. The number of benzene rings is 3. The maximum absolute atomic E-state index is 12.8. The van der Waals surface area contributed by atoms with Crippen molar-refractivity contribution in [3.63, 3.8) is 0 Å². The molecule has 4 rings (SSSR count). The Labute approximate surface area is 202 Å². The zero-order valence-corrected chi connectivity index (χ0v) is 20.2. The molecule has 3 aromatic carbocycles. The van der Waals surface area contributed by atoms with Crippen LogP contribution in [0.2, 0.25) is 0 Å². The van der Waals surface area contributed by atoms with Crippen LogP contribution in [0.4, 0.5) is 0 Å². The van der Waals surface area contributed by atoms with Gasteiger partial charge in [0, 0.05) is 18.5 Å². The SMILES string of the molecule is O=C(NCCOc1cccc2ccccc12)[C@@H]1CCCN(S(=O)(=O)CCCc2ccccc2)C1. The van der Waals surface area contributed by atoms with Gasteiger partial charge in [-0.1, -0.05) is 66.7 Å². The quantitative estimate of drug-likeness (QED) is 0.445. The van der Waals surface area contributed by atoms with Gasteiger partial charge in [-0.15, -0.1) is 0 Å². The lowest BCUT2D eigenvalue weighted by atomic mass is 9.99. The van der Waals surface area contributed by atoms with E-state index in [1.165, 1.54) is 4.31 Å². The summed E-state index contributed by atoms with van der Waals surface area (Å²) in [5.41, 5.74) is 1.14. The van der Waals surface area contributed by atoms with Gasteiger partial charge in [0.25, 0.3) is 0 Å². The van der Waals surface area contributed by atoms with Gasteiger partial charge in [0.05, 0.1) is 18.2 Å². The van der Waals surface area contributed by atoms with Gasteiger partial charge in [0.2, 0.25) is 15.9 Å². The molecular weight excluding hydrogens is 448 g/mol. The van der Waals surface area contributed by atoms with Crippen molar-refractivity contribution in [1.29, 1.82) is 0 Å². The third-order valence-electron chi connectivity index (χ3n) is 6.27. The third kappa shape index (κ3) is 6.36. The van der Waals surface area contributed by atoms with Crippen LogP contribution in [0.3, 0.4) is 0 Å². The second-order valence-corrected chi connectivity index (χ2v) is 10.8. The van der Waals surface area contributed by atoms with Crippen molar-refractivity contribution in [2.24, 2.45) is 5.92 Å². The van der Waals surface area contributed by atoms with E-state index in [2.05, 4.69) is 5.32 Å². The zero-order valence-electron chi connectivity index (χ0n) is 19.4. The number of nitrogens with one attached hydrogen (secondary N) is 1. The van der Waals surface area contributed by atoms with Crippen molar-refractivity contribution in [1.82, 2.24) is 9.62 Å². The first-order valence-electron chi connectivity index (χ1n) is 11.9. The van der Waals surface area contributed by atoms with Gasteiger partial charge in [-0.2, -0.15) is 0 Å². The van der Waals surface area contributed by atoms with Crippen LogP contribution in [0.5, 0.6) is 5.75 Å². The molecule has 1 N–H and O–H groups in total. The number of sulfonamides is 1. The lowest BCUT2D eigenvalue weighted by Gasteiger charge is -2.31. The van der Waals surface area contributed by atoms with E-state index in [9.17, 15) is 13.2 Å². The Bertz CT molecular complexity index is 1190. The van der Waals surface area contributed by atoms with Crippen LogP contribution < -0.4 is 10.1 Å². The molecule has 0 aliphatic carbocycles. The smallest absolute Gasteiger partial charge is 0.224 e. The number of amides is 1. The number of carbonyl (C=O) groups is 1. The van der Waals surface area contributed by atoms with Crippen LogP contribution in [0, 0.1) is 5.92 Å². The van der Waals surface area contributed by atoms with Crippen LogP contribution in [0.15, 0.2) is 72.8 Å². The second-order valence-electron chi connectivity index (χ2n) is 8.72. The molecule has 3 aromatic rings. The molecule has 0 unspecified atom stereocenters. The fourth-order valence-corrected chi connectivity index (χ4v) is 6.02. The average molecular weight is 481 g/mol. The van der Waals surface area contributed by atoms with E-state index in [4.69, 9.17) is 4.74 Å². The summed E-state index contributed by atoms with van der Waals surface area (Å²) in [6, 6.07) is 23.8. The molecule has 1 aliphatic rings. The van der Waals surface area contributed by atoms with E-state index >= 15 is 0 Å². The van der Waals surface area contributed by atoms with Crippen LogP contribution >= 0.6 is 0 Å². The number of piperidine rings is 1. The standard InChI is InChI=1S/C27H32N2O4S/c30-27(28-17-19-33-26-16-6-13-23-12-4-5-15-25(23)26)24-14-7-18-29(21-24)34(31,32)20-8-11-22-9-2-1-3-10-22/h1-6,9-10,12-13,15-16,24H,7-8,11,14,17-21H2,(H,28,30)/t24-/m1/s1. The summed E-state index contributed by atoms with van der Waals surface area (Å²) in [6.07, 6.45) is 2.70. The summed E-state index contributed by atoms with van der Waals surface area (Å²) < 4.78 is 33.1. The molecule has 0 aromatic heterocycles. The maximum Gasteiger partial charge on any atom is 0.224 e. The molecule has 0 saturated carbocycles. The molecular formula is C27H32N2O4S. The molecule has 1 atom stereocenters.